The summed E-state index contributed by atoms with van der Waals surface area (Å²) in [4.78, 5) is 0. The van der Waals surface area contributed by atoms with Crippen LogP contribution in [0.25, 0.3) is 0 Å². The summed E-state index contributed by atoms with van der Waals surface area (Å²) < 4.78 is 0. The fraction of sp³-hybridized carbons (Fsp3) is 0.0769. The van der Waals surface area contributed by atoms with Gasteiger partial charge in [-0.2, -0.15) is 0 Å². The minimum atomic E-state index is 0.988. The van der Waals surface area contributed by atoms with Gasteiger partial charge in [-0.05, 0) is 61.5 Å². The SMILES string of the molecule is [CH]1[CH][C](Cc2ccccc2C[C]2[CH][CH][C]3C=CC=C[C]32)[C]2C=CC=C[C]12. The maximum Gasteiger partial charge on any atom is 0.0161 e. The van der Waals surface area contributed by atoms with E-state index in [-0.39, 0.29) is 0 Å². The van der Waals surface area contributed by atoms with Crippen molar-refractivity contribution in [3.05, 3.63) is 145 Å². The topological polar surface area (TPSA) is 0 Å². The lowest BCUT2D eigenvalue weighted by Gasteiger charge is -2.23. The number of benzene rings is 1. The largest absolute Gasteiger partial charge is 0.0762 e. The van der Waals surface area contributed by atoms with Gasteiger partial charge in [-0.3, -0.25) is 0 Å². The van der Waals surface area contributed by atoms with Crippen molar-refractivity contribution in [2.45, 2.75) is 12.8 Å². The third-order valence-corrected chi connectivity index (χ3v) is 5.42. The molecule has 0 unspecified atom stereocenters. The predicted octanol–water partition coefficient (Wildman–Crippen LogP) is 5.31. The lowest BCUT2D eigenvalue weighted by molar-refractivity contribution is 0.924. The molecule has 4 aliphatic carbocycles. The van der Waals surface area contributed by atoms with Gasteiger partial charge >= 0.3 is 0 Å². The molecule has 0 amide bonds. The van der Waals surface area contributed by atoms with E-state index in [9.17, 15) is 0 Å². The van der Waals surface area contributed by atoms with E-state index in [0.29, 0.717) is 0 Å². The molecule has 0 aliphatic heterocycles. The van der Waals surface area contributed by atoms with Crippen LogP contribution in [0.1, 0.15) is 11.1 Å². The Bertz CT molecular complexity index is 697. The van der Waals surface area contributed by atoms with Crippen LogP contribution in [0.2, 0.25) is 0 Å². The Kier molecular flexibility index (Phi) is 4.44. The lowest BCUT2D eigenvalue weighted by Crippen LogP contribution is -2.14. The van der Waals surface area contributed by atoms with E-state index in [2.05, 4.69) is 98.6 Å². The molecule has 26 heavy (non-hydrogen) atoms. The minimum absolute atomic E-state index is 0.988. The van der Waals surface area contributed by atoms with Crippen molar-refractivity contribution in [2.24, 2.45) is 0 Å². The summed E-state index contributed by atoms with van der Waals surface area (Å²) in [5.41, 5.74) is 2.85. The van der Waals surface area contributed by atoms with Crippen LogP contribution in [-0.4, -0.2) is 0 Å². The predicted molar refractivity (Wildman–Crippen MR) is 107 cm³/mol. The summed E-state index contributed by atoms with van der Waals surface area (Å²) in [6, 6.07) is 8.88. The van der Waals surface area contributed by atoms with Gasteiger partial charge in [0.1, 0.15) is 0 Å². The fourth-order valence-electron chi connectivity index (χ4n) is 4.05. The van der Waals surface area contributed by atoms with Crippen LogP contribution in [0, 0.1) is 61.2 Å². The maximum absolute atomic E-state index is 2.28. The Morgan fingerprint density at radius 2 is 0.962 bits per heavy atom. The Balaban J connectivity index is 1.32. The molecule has 0 saturated heterocycles. The van der Waals surface area contributed by atoms with Crippen LogP contribution in [0.4, 0.5) is 0 Å². The van der Waals surface area contributed by atoms with Crippen LogP contribution in [0.3, 0.4) is 0 Å². The number of hydrogen-bond acceptors (Lipinski definition) is 0. The molecule has 0 heteroatoms. The first-order chi connectivity index (χ1) is 12.9. The van der Waals surface area contributed by atoms with Gasteiger partial charge < -0.3 is 0 Å². The van der Waals surface area contributed by atoms with E-state index in [1.807, 2.05) is 0 Å². The number of rotatable bonds is 4. The van der Waals surface area contributed by atoms with Gasteiger partial charge in [0.05, 0.1) is 0 Å². The Morgan fingerprint density at radius 3 is 1.46 bits per heavy atom. The van der Waals surface area contributed by atoms with E-state index in [4.69, 9.17) is 0 Å². The third-order valence-electron chi connectivity index (χ3n) is 5.42. The number of fused-ring (bicyclic) bond motifs is 2. The van der Waals surface area contributed by atoms with Crippen LogP contribution < -0.4 is 0 Å². The van der Waals surface area contributed by atoms with Crippen molar-refractivity contribution in [3.63, 3.8) is 0 Å². The Hall–Kier alpha value is -1.82. The van der Waals surface area contributed by atoms with Gasteiger partial charge in [-0.15, -0.1) is 0 Å². The summed E-state index contributed by atoms with van der Waals surface area (Å²) >= 11 is 0. The highest BCUT2D eigenvalue weighted by Crippen LogP contribution is 2.47. The van der Waals surface area contributed by atoms with Crippen LogP contribution >= 0.6 is 0 Å². The standard InChI is InChI=1S/C26H20/c1-2-10-22(18-24-16-14-20-8-4-6-12-26(20)24)21(9-1)17-23-15-13-19-7-3-5-11-25(19)23/h1-16H,17-18H2. The molecule has 0 nitrogen and oxygen atoms in total. The number of allylic oxidation sites excluding steroid dienone is 8. The second-order valence-corrected chi connectivity index (χ2v) is 7.01. The molecule has 0 aromatic heterocycles. The van der Waals surface area contributed by atoms with E-state index in [1.54, 1.807) is 0 Å². The van der Waals surface area contributed by atoms with Gasteiger partial charge in [0, 0.05) is 23.7 Å². The molecule has 1 aromatic rings. The zero-order valence-corrected chi connectivity index (χ0v) is 14.7. The molecule has 0 spiro atoms. The lowest BCUT2D eigenvalue weighted by atomic mass is 9.80. The normalized spacial score (nSPS) is 24.6. The van der Waals surface area contributed by atoms with E-state index >= 15 is 0 Å². The molecule has 2 fully saturated rings. The molecule has 5 rings (SSSR count). The van der Waals surface area contributed by atoms with Gasteiger partial charge in [-0.25, -0.2) is 0 Å². The summed E-state index contributed by atoms with van der Waals surface area (Å²) in [6.45, 7) is 0. The third kappa shape index (κ3) is 3.04. The first-order valence-corrected chi connectivity index (χ1v) is 9.22. The molecule has 0 bridgehead atoms. The van der Waals surface area contributed by atoms with E-state index in [0.717, 1.165) is 12.8 Å². The highest BCUT2D eigenvalue weighted by Gasteiger charge is 2.38. The van der Waals surface area contributed by atoms with Crippen molar-refractivity contribution in [1.29, 1.82) is 0 Å². The van der Waals surface area contributed by atoms with Crippen LogP contribution in [0.5, 0.6) is 0 Å². The van der Waals surface area contributed by atoms with Gasteiger partial charge in [0.25, 0.3) is 0 Å². The second kappa shape index (κ2) is 7.06. The highest BCUT2D eigenvalue weighted by molar-refractivity contribution is 5.65. The molecule has 10 radical (unpaired) electrons. The average Bonchev–Trinajstić information content (AvgIpc) is 3.28. The summed E-state index contributed by atoms with van der Waals surface area (Å²) in [5.74, 6) is 8.26. The van der Waals surface area contributed by atoms with Crippen molar-refractivity contribution in [1.82, 2.24) is 0 Å². The van der Waals surface area contributed by atoms with Gasteiger partial charge in [0.2, 0.25) is 0 Å². The quantitative estimate of drug-likeness (QED) is 0.700. The highest BCUT2D eigenvalue weighted by atomic mass is 14.4. The molecule has 0 atom stereocenters. The zero-order chi connectivity index (χ0) is 17.3. The summed E-state index contributed by atoms with van der Waals surface area (Å²) in [6.07, 6.45) is 28.3. The first kappa shape index (κ1) is 16.4. The molecule has 2 saturated carbocycles. The van der Waals surface area contributed by atoms with E-state index in [1.165, 1.54) is 46.6 Å². The van der Waals surface area contributed by atoms with E-state index < -0.39 is 0 Å². The van der Waals surface area contributed by atoms with Crippen molar-refractivity contribution in [2.75, 3.05) is 0 Å². The molecular weight excluding hydrogens is 312 g/mol. The van der Waals surface area contributed by atoms with Gasteiger partial charge in [-0.1, -0.05) is 72.9 Å². The second-order valence-electron chi connectivity index (χ2n) is 7.01. The Morgan fingerprint density at radius 1 is 0.500 bits per heavy atom. The van der Waals surface area contributed by atoms with Crippen molar-refractivity contribution < 1.29 is 0 Å². The fourth-order valence-corrected chi connectivity index (χ4v) is 4.05. The van der Waals surface area contributed by atoms with Crippen LogP contribution in [0.15, 0.2) is 72.9 Å². The van der Waals surface area contributed by atoms with Crippen molar-refractivity contribution >= 4 is 0 Å². The Labute approximate surface area is 158 Å². The number of hydrogen-bond donors (Lipinski definition) is 0. The monoisotopic (exact) mass is 332 g/mol. The minimum Gasteiger partial charge on any atom is -0.0762 e. The van der Waals surface area contributed by atoms with Crippen molar-refractivity contribution in [3.8, 4) is 0 Å². The maximum atomic E-state index is 2.28. The molecule has 1 aromatic carbocycles. The van der Waals surface area contributed by atoms with Crippen LogP contribution in [-0.2, 0) is 12.8 Å². The smallest absolute Gasteiger partial charge is 0.0161 e. The molecule has 0 heterocycles. The average molecular weight is 332 g/mol. The zero-order valence-electron chi connectivity index (χ0n) is 14.7. The molecular formula is C26H20. The molecule has 4 aliphatic rings. The molecule has 0 N–H and O–H groups in total. The summed E-state index contributed by atoms with van der Waals surface area (Å²) in [5, 5.41) is 0. The van der Waals surface area contributed by atoms with Gasteiger partial charge in [0.15, 0.2) is 0 Å². The molecule has 124 valence electrons. The summed E-state index contributed by atoms with van der Waals surface area (Å²) in [7, 11) is 0. The first-order valence-electron chi connectivity index (χ1n) is 9.22.